The number of amides is 1. The summed E-state index contributed by atoms with van der Waals surface area (Å²) in [6.07, 6.45) is 1.68. The lowest BCUT2D eigenvalue weighted by Crippen LogP contribution is -2.42. The molecule has 0 bridgehead atoms. The Morgan fingerprint density at radius 2 is 1.74 bits per heavy atom. The second-order valence-electron chi connectivity index (χ2n) is 5.75. The van der Waals surface area contributed by atoms with Crippen LogP contribution in [-0.4, -0.2) is 28.1 Å². The molecule has 1 aliphatic rings. The maximum Gasteiger partial charge on any atom is 0.326 e. The van der Waals surface area contributed by atoms with E-state index in [0.29, 0.717) is 5.56 Å². The molecular formula is C18H17NO4. The van der Waals surface area contributed by atoms with Crippen LogP contribution in [0.2, 0.25) is 0 Å². The SMILES string of the molecule is O=C(NC(C(=O)O)C1CC1)c1cccc(-c2ccc(O)cc2)c1. The summed E-state index contributed by atoms with van der Waals surface area (Å²) in [6.45, 7) is 0. The van der Waals surface area contributed by atoms with E-state index < -0.39 is 12.0 Å². The minimum absolute atomic E-state index is 0.0386. The molecule has 0 spiro atoms. The monoisotopic (exact) mass is 311 g/mol. The zero-order valence-corrected chi connectivity index (χ0v) is 12.4. The third-order valence-corrected chi connectivity index (χ3v) is 3.97. The minimum Gasteiger partial charge on any atom is -0.508 e. The molecule has 0 heterocycles. The Labute approximate surface area is 133 Å². The minimum atomic E-state index is -0.990. The number of rotatable bonds is 5. The van der Waals surface area contributed by atoms with Gasteiger partial charge in [-0.05, 0) is 54.2 Å². The molecule has 23 heavy (non-hydrogen) atoms. The third kappa shape index (κ3) is 3.51. The zero-order valence-electron chi connectivity index (χ0n) is 12.4. The van der Waals surface area contributed by atoms with Crippen molar-refractivity contribution in [1.82, 2.24) is 5.32 Å². The number of hydrogen-bond acceptors (Lipinski definition) is 3. The molecule has 5 nitrogen and oxygen atoms in total. The van der Waals surface area contributed by atoms with E-state index in [1.165, 1.54) is 0 Å². The average Bonchev–Trinajstić information content (AvgIpc) is 3.37. The summed E-state index contributed by atoms with van der Waals surface area (Å²) in [4.78, 5) is 23.5. The van der Waals surface area contributed by atoms with Crippen LogP contribution < -0.4 is 5.32 Å². The van der Waals surface area contributed by atoms with Crippen LogP contribution in [0, 0.1) is 5.92 Å². The van der Waals surface area contributed by atoms with Gasteiger partial charge in [0.15, 0.2) is 0 Å². The van der Waals surface area contributed by atoms with Crippen molar-refractivity contribution in [2.24, 2.45) is 5.92 Å². The standard InChI is InChI=1S/C18H17NO4/c20-15-8-6-11(7-9-15)13-2-1-3-14(10-13)17(21)19-16(18(22)23)12-4-5-12/h1-3,6-10,12,16,20H,4-5H2,(H,19,21)(H,22,23). The number of carbonyl (C=O) groups is 2. The molecule has 5 heteroatoms. The molecule has 3 N–H and O–H groups in total. The van der Waals surface area contributed by atoms with Crippen molar-refractivity contribution < 1.29 is 19.8 Å². The fourth-order valence-electron chi connectivity index (χ4n) is 2.53. The van der Waals surface area contributed by atoms with Crippen LogP contribution >= 0.6 is 0 Å². The first-order valence-corrected chi connectivity index (χ1v) is 7.48. The Morgan fingerprint density at radius 3 is 2.35 bits per heavy atom. The molecule has 1 aliphatic carbocycles. The van der Waals surface area contributed by atoms with Crippen molar-refractivity contribution in [3.63, 3.8) is 0 Å². The van der Waals surface area contributed by atoms with E-state index in [1.807, 2.05) is 6.07 Å². The van der Waals surface area contributed by atoms with Gasteiger partial charge in [-0.25, -0.2) is 4.79 Å². The molecule has 1 saturated carbocycles. The lowest BCUT2D eigenvalue weighted by Gasteiger charge is -2.14. The van der Waals surface area contributed by atoms with Crippen molar-refractivity contribution in [3.8, 4) is 16.9 Å². The number of aromatic hydroxyl groups is 1. The van der Waals surface area contributed by atoms with E-state index in [9.17, 15) is 19.8 Å². The highest BCUT2D eigenvalue weighted by atomic mass is 16.4. The van der Waals surface area contributed by atoms with Gasteiger partial charge >= 0.3 is 5.97 Å². The molecule has 0 aromatic heterocycles. The third-order valence-electron chi connectivity index (χ3n) is 3.97. The summed E-state index contributed by atoms with van der Waals surface area (Å²) in [5, 5.41) is 21.1. The van der Waals surface area contributed by atoms with Gasteiger partial charge in [0, 0.05) is 5.56 Å². The smallest absolute Gasteiger partial charge is 0.326 e. The highest BCUT2D eigenvalue weighted by Gasteiger charge is 2.37. The Kier molecular flexibility index (Phi) is 4.02. The fourth-order valence-corrected chi connectivity index (χ4v) is 2.53. The first-order valence-electron chi connectivity index (χ1n) is 7.48. The number of aliphatic carboxylic acids is 1. The van der Waals surface area contributed by atoms with Crippen LogP contribution in [0.3, 0.4) is 0 Å². The molecular weight excluding hydrogens is 294 g/mol. The normalized spacial score (nSPS) is 15.0. The number of benzene rings is 2. The average molecular weight is 311 g/mol. The largest absolute Gasteiger partial charge is 0.508 e. The van der Waals surface area contributed by atoms with Gasteiger partial charge in [-0.3, -0.25) is 4.79 Å². The summed E-state index contributed by atoms with van der Waals surface area (Å²) >= 11 is 0. The highest BCUT2D eigenvalue weighted by Crippen LogP contribution is 2.33. The molecule has 0 radical (unpaired) electrons. The van der Waals surface area contributed by atoms with Gasteiger partial charge in [-0.15, -0.1) is 0 Å². The number of nitrogens with one attached hydrogen (secondary N) is 1. The number of phenols is 1. The van der Waals surface area contributed by atoms with Gasteiger partial charge in [0.2, 0.25) is 0 Å². The summed E-state index contributed by atoms with van der Waals surface area (Å²) in [5.41, 5.74) is 2.12. The van der Waals surface area contributed by atoms with Crippen LogP contribution in [0.1, 0.15) is 23.2 Å². The first kappa shape index (κ1) is 15.1. The van der Waals surface area contributed by atoms with Gasteiger partial charge in [0.1, 0.15) is 11.8 Å². The Balaban J connectivity index is 1.80. The summed E-state index contributed by atoms with van der Waals surface area (Å²) in [5.74, 6) is -1.16. The van der Waals surface area contributed by atoms with Crippen molar-refractivity contribution in [2.45, 2.75) is 18.9 Å². The van der Waals surface area contributed by atoms with Gasteiger partial charge in [0.05, 0.1) is 0 Å². The molecule has 0 saturated heterocycles. The molecule has 2 aromatic carbocycles. The van der Waals surface area contributed by atoms with Crippen LogP contribution in [0.25, 0.3) is 11.1 Å². The van der Waals surface area contributed by atoms with Crippen LogP contribution in [0.15, 0.2) is 48.5 Å². The lowest BCUT2D eigenvalue weighted by molar-refractivity contribution is -0.139. The van der Waals surface area contributed by atoms with Gasteiger partial charge in [-0.2, -0.15) is 0 Å². The number of carboxylic acid groups (broad SMARTS) is 1. The maximum atomic E-state index is 12.3. The number of carboxylic acids is 1. The van der Waals surface area contributed by atoms with Crippen LogP contribution in [0.4, 0.5) is 0 Å². The van der Waals surface area contributed by atoms with Crippen molar-refractivity contribution in [3.05, 3.63) is 54.1 Å². The molecule has 1 atom stereocenters. The van der Waals surface area contributed by atoms with Gasteiger partial charge in [-0.1, -0.05) is 24.3 Å². The van der Waals surface area contributed by atoms with E-state index >= 15 is 0 Å². The topological polar surface area (TPSA) is 86.6 Å². The van der Waals surface area contributed by atoms with Gasteiger partial charge in [0.25, 0.3) is 5.91 Å². The van der Waals surface area contributed by atoms with E-state index in [2.05, 4.69) is 5.32 Å². The molecule has 1 unspecified atom stereocenters. The fraction of sp³-hybridized carbons (Fsp3) is 0.222. The second kappa shape index (κ2) is 6.12. The van der Waals surface area contributed by atoms with Gasteiger partial charge < -0.3 is 15.5 Å². The second-order valence-corrected chi connectivity index (χ2v) is 5.75. The van der Waals surface area contributed by atoms with E-state index in [-0.39, 0.29) is 17.6 Å². The Morgan fingerprint density at radius 1 is 1.04 bits per heavy atom. The maximum absolute atomic E-state index is 12.3. The van der Waals surface area contributed by atoms with Crippen molar-refractivity contribution in [1.29, 1.82) is 0 Å². The number of carbonyl (C=O) groups excluding carboxylic acids is 1. The number of phenolic OH excluding ortho intramolecular Hbond substituents is 1. The molecule has 2 aromatic rings. The van der Waals surface area contributed by atoms with E-state index in [4.69, 9.17) is 0 Å². The lowest BCUT2D eigenvalue weighted by atomic mass is 10.0. The first-order chi connectivity index (χ1) is 11.0. The zero-order chi connectivity index (χ0) is 16.4. The summed E-state index contributed by atoms with van der Waals surface area (Å²) in [6, 6.07) is 12.8. The van der Waals surface area contributed by atoms with Crippen molar-refractivity contribution >= 4 is 11.9 Å². The summed E-state index contributed by atoms with van der Waals surface area (Å²) in [7, 11) is 0. The predicted molar refractivity (Wildman–Crippen MR) is 85.2 cm³/mol. The molecule has 3 rings (SSSR count). The van der Waals surface area contributed by atoms with Crippen LogP contribution in [0.5, 0.6) is 5.75 Å². The predicted octanol–water partition coefficient (Wildman–Crippen LogP) is 2.65. The van der Waals surface area contributed by atoms with E-state index in [1.54, 1.807) is 42.5 Å². The quantitative estimate of drug-likeness (QED) is 0.792. The number of hydrogen-bond donors (Lipinski definition) is 3. The molecule has 0 aliphatic heterocycles. The van der Waals surface area contributed by atoms with Crippen LogP contribution in [-0.2, 0) is 4.79 Å². The van der Waals surface area contributed by atoms with E-state index in [0.717, 1.165) is 24.0 Å². The molecule has 1 fully saturated rings. The Bertz CT molecular complexity index is 735. The Hall–Kier alpha value is -2.82. The molecule has 1 amide bonds. The highest BCUT2D eigenvalue weighted by molar-refractivity contribution is 5.97. The van der Waals surface area contributed by atoms with Crippen molar-refractivity contribution in [2.75, 3.05) is 0 Å². The summed E-state index contributed by atoms with van der Waals surface area (Å²) < 4.78 is 0. The molecule has 118 valence electrons.